The van der Waals surface area contributed by atoms with Crippen molar-refractivity contribution < 1.29 is 9.59 Å². The first-order valence-electron chi connectivity index (χ1n) is 6.76. The normalized spacial score (nSPS) is 9.43. The van der Waals surface area contributed by atoms with Gasteiger partial charge >= 0.3 is 0 Å². The fourth-order valence-corrected chi connectivity index (χ4v) is 1.96. The third-order valence-electron chi connectivity index (χ3n) is 2.88. The molecule has 0 spiro atoms. The van der Waals surface area contributed by atoms with Crippen molar-refractivity contribution in [2.45, 2.75) is 0 Å². The highest BCUT2D eigenvalue weighted by molar-refractivity contribution is 6.29. The average molecular weight is 325 g/mol. The minimum atomic E-state index is 0.347. The number of carbonyl (C=O) groups is 2. The molecule has 5 heteroatoms. The SMILES string of the molecule is O=Cc1ccnc(-c2ccccc2)c1.O=Cc1ccnc(Cl)c1. The molecule has 0 radical (unpaired) electrons. The van der Waals surface area contributed by atoms with E-state index in [1.807, 2.05) is 30.3 Å². The topological polar surface area (TPSA) is 59.9 Å². The molecule has 0 bridgehead atoms. The fraction of sp³-hybridized carbons (Fsp3) is 0. The lowest BCUT2D eigenvalue weighted by Crippen LogP contribution is -1.85. The van der Waals surface area contributed by atoms with Crippen LogP contribution >= 0.6 is 11.6 Å². The van der Waals surface area contributed by atoms with Crippen LogP contribution in [0.15, 0.2) is 67.0 Å². The van der Waals surface area contributed by atoms with Crippen LogP contribution in [0.1, 0.15) is 20.7 Å². The first kappa shape index (κ1) is 16.5. The van der Waals surface area contributed by atoms with Gasteiger partial charge in [-0.15, -0.1) is 0 Å². The predicted molar refractivity (Wildman–Crippen MR) is 89.7 cm³/mol. The molecule has 1 aromatic carbocycles. The number of pyridine rings is 2. The first-order chi connectivity index (χ1) is 11.2. The van der Waals surface area contributed by atoms with E-state index >= 15 is 0 Å². The van der Waals surface area contributed by atoms with Crippen molar-refractivity contribution in [3.05, 3.63) is 83.3 Å². The van der Waals surface area contributed by atoms with E-state index < -0.39 is 0 Å². The minimum absolute atomic E-state index is 0.347. The molecule has 0 aliphatic heterocycles. The number of benzene rings is 1. The number of aromatic nitrogens is 2. The van der Waals surface area contributed by atoms with Crippen molar-refractivity contribution >= 4 is 24.2 Å². The van der Waals surface area contributed by atoms with Crippen LogP contribution < -0.4 is 0 Å². The molecule has 0 atom stereocenters. The van der Waals surface area contributed by atoms with Gasteiger partial charge < -0.3 is 0 Å². The highest BCUT2D eigenvalue weighted by atomic mass is 35.5. The van der Waals surface area contributed by atoms with Gasteiger partial charge in [0.1, 0.15) is 17.7 Å². The Hall–Kier alpha value is -2.85. The molecule has 23 heavy (non-hydrogen) atoms. The number of halogens is 1. The van der Waals surface area contributed by atoms with Gasteiger partial charge in [0.15, 0.2) is 0 Å². The summed E-state index contributed by atoms with van der Waals surface area (Å²) in [6.07, 6.45) is 4.69. The predicted octanol–water partition coefficient (Wildman–Crippen LogP) is 4.11. The number of nitrogens with zero attached hydrogens (tertiary/aromatic N) is 2. The number of rotatable bonds is 3. The van der Waals surface area contributed by atoms with Gasteiger partial charge in [-0.2, -0.15) is 0 Å². The molecule has 2 heterocycles. The van der Waals surface area contributed by atoms with Crippen molar-refractivity contribution in [3.63, 3.8) is 0 Å². The molecular weight excluding hydrogens is 312 g/mol. The molecule has 2 aromatic heterocycles. The molecule has 0 unspecified atom stereocenters. The Kier molecular flexibility index (Phi) is 6.15. The zero-order chi connectivity index (χ0) is 16.5. The van der Waals surface area contributed by atoms with E-state index in [1.165, 1.54) is 12.3 Å². The minimum Gasteiger partial charge on any atom is -0.298 e. The molecular formula is C18H13ClN2O2. The molecule has 0 fully saturated rings. The number of carbonyl (C=O) groups excluding carboxylic acids is 2. The average Bonchev–Trinajstić information content (AvgIpc) is 2.63. The van der Waals surface area contributed by atoms with E-state index in [4.69, 9.17) is 11.6 Å². The Morgan fingerprint density at radius 1 is 0.783 bits per heavy atom. The van der Waals surface area contributed by atoms with Gasteiger partial charge in [-0.05, 0) is 24.3 Å². The van der Waals surface area contributed by atoms with E-state index in [0.717, 1.165) is 23.8 Å². The van der Waals surface area contributed by atoms with Gasteiger partial charge in [0.25, 0.3) is 0 Å². The molecule has 0 aliphatic carbocycles. The third kappa shape index (κ3) is 5.13. The molecule has 3 aromatic rings. The lowest BCUT2D eigenvalue weighted by Gasteiger charge is -1.99. The lowest BCUT2D eigenvalue weighted by molar-refractivity contribution is 0.111. The fourth-order valence-electron chi connectivity index (χ4n) is 1.78. The maximum absolute atomic E-state index is 10.6. The quantitative estimate of drug-likeness (QED) is 0.537. The van der Waals surface area contributed by atoms with Crippen LogP contribution in [0.3, 0.4) is 0 Å². The maximum atomic E-state index is 10.6. The summed E-state index contributed by atoms with van der Waals surface area (Å²) in [5.74, 6) is 0. The molecule has 0 aliphatic rings. The van der Waals surface area contributed by atoms with Crippen molar-refractivity contribution in [2.24, 2.45) is 0 Å². The number of hydrogen-bond acceptors (Lipinski definition) is 4. The summed E-state index contributed by atoms with van der Waals surface area (Å²) >= 11 is 5.45. The summed E-state index contributed by atoms with van der Waals surface area (Å²) in [5, 5.41) is 0.347. The Balaban J connectivity index is 0.000000185. The molecule has 0 N–H and O–H groups in total. The van der Waals surface area contributed by atoms with Crippen LogP contribution in [0.2, 0.25) is 5.15 Å². The summed E-state index contributed by atoms with van der Waals surface area (Å²) in [7, 11) is 0. The molecule has 0 saturated carbocycles. The van der Waals surface area contributed by atoms with Gasteiger partial charge in [0.2, 0.25) is 0 Å². The van der Waals surface area contributed by atoms with Crippen LogP contribution in [0.5, 0.6) is 0 Å². The van der Waals surface area contributed by atoms with E-state index in [9.17, 15) is 9.59 Å². The van der Waals surface area contributed by atoms with Gasteiger partial charge in [-0.1, -0.05) is 41.9 Å². The largest absolute Gasteiger partial charge is 0.298 e. The van der Waals surface area contributed by atoms with Gasteiger partial charge in [-0.25, -0.2) is 4.98 Å². The van der Waals surface area contributed by atoms with Crippen molar-refractivity contribution in [3.8, 4) is 11.3 Å². The first-order valence-corrected chi connectivity index (χ1v) is 7.14. The van der Waals surface area contributed by atoms with Crippen LogP contribution in [-0.4, -0.2) is 22.5 Å². The van der Waals surface area contributed by atoms with Crippen LogP contribution in [0.25, 0.3) is 11.3 Å². The Bertz CT molecular complexity index is 792. The highest BCUT2D eigenvalue weighted by Crippen LogP contribution is 2.16. The Morgan fingerprint density at radius 3 is 1.96 bits per heavy atom. The maximum Gasteiger partial charge on any atom is 0.150 e. The van der Waals surface area contributed by atoms with Crippen LogP contribution in [-0.2, 0) is 0 Å². The molecule has 0 saturated heterocycles. The second-order valence-corrected chi connectivity index (χ2v) is 4.88. The summed E-state index contributed by atoms with van der Waals surface area (Å²) in [5.41, 5.74) is 3.06. The lowest BCUT2D eigenvalue weighted by atomic mass is 10.1. The molecule has 114 valence electrons. The third-order valence-corrected chi connectivity index (χ3v) is 3.08. The van der Waals surface area contributed by atoms with E-state index in [2.05, 4.69) is 9.97 Å². The van der Waals surface area contributed by atoms with Crippen molar-refractivity contribution in [2.75, 3.05) is 0 Å². The van der Waals surface area contributed by atoms with Gasteiger partial charge in [0.05, 0.1) is 5.69 Å². The van der Waals surface area contributed by atoms with Crippen LogP contribution in [0, 0.1) is 0 Å². The van der Waals surface area contributed by atoms with Gasteiger partial charge in [-0.3, -0.25) is 14.6 Å². The number of aldehydes is 2. The zero-order valence-corrected chi connectivity index (χ0v) is 12.9. The summed E-state index contributed by atoms with van der Waals surface area (Å²) in [4.78, 5) is 28.5. The Labute approximate surface area is 138 Å². The zero-order valence-electron chi connectivity index (χ0n) is 12.1. The summed E-state index contributed by atoms with van der Waals surface area (Å²) < 4.78 is 0. The number of hydrogen-bond donors (Lipinski definition) is 0. The highest BCUT2D eigenvalue weighted by Gasteiger charge is 1.98. The molecule has 3 rings (SSSR count). The van der Waals surface area contributed by atoms with Crippen LogP contribution in [0.4, 0.5) is 0 Å². The summed E-state index contributed by atoms with van der Waals surface area (Å²) in [6, 6.07) is 16.4. The van der Waals surface area contributed by atoms with Gasteiger partial charge in [0, 0.05) is 29.1 Å². The smallest absolute Gasteiger partial charge is 0.150 e. The Morgan fingerprint density at radius 2 is 1.39 bits per heavy atom. The second kappa shape index (κ2) is 8.56. The standard InChI is InChI=1S/C12H9NO.C6H4ClNO/c14-9-10-6-7-13-12(8-10)11-4-2-1-3-5-11;7-6-3-5(4-9)1-2-8-6/h1-9H;1-4H. The van der Waals surface area contributed by atoms with Crippen molar-refractivity contribution in [1.29, 1.82) is 0 Å². The van der Waals surface area contributed by atoms with E-state index in [1.54, 1.807) is 24.4 Å². The molecule has 0 amide bonds. The monoisotopic (exact) mass is 324 g/mol. The van der Waals surface area contributed by atoms with E-state index in [0.29, 0.717) is 16.3 Å². The summed E-state index contributed by atoms with van der Waals surface area (Å²) in [6.45, 7) is 0. The van der Waals surface area contributed by atoms with Crippen molar-refractivity contribution in [1.82, 2.24) is 9.97 Å². The van der Waals surface area contributed by atoms with E-state index in [-0.39, 0.29) is 0 Å². The second-order valence-electron chi connectivity index (χ2n) is 4.49. The molecule has 4 nitrogen and oxygen atoms in total.